The maximum Gasteiger partial charge on any atom is 0.282 e. The first-order valence-corrected chi connectivity index (χ1v) is 12.1. The van der Waals surface area contributed by atoms with E-state index < -0.39 is 23.2 Å². The van der Waals surface area contributed by atoms with E-state index in [1.54, 1.807) is 35.2 Å². The third kappa shape index (κ3) is 4.37. The molecule has 2 aliphatic rings. The summed E-state index contributed by atoms with van der Waals surface area (Å²) in [7, 11) is 3.43. The van der Waals surface area contributed by atoms with Crippen molar-refractivity contribution in [3.05, 3.63) is 86.7 Å². The number of likely N-dealkylation sites (N-methyl/N-ethyl adjacent to an activating group) is 1. The monoisotopic (exact) mass is 525 g/mol. The van der Waals surface area contributed by atoms with Crippen molar-refractivity contribution in [2.45, 2.75) is 6.61 Å². The van der Waals surface area contributed by atoms with Gasteiger partial charge in [0.05, 0.1) is 34.8 Å². The van der Waals surface area contributed by atoms with Crippen molar-refractivity contribution in [2.24, 2.45) is 0 Å². The number of para-hydroxylation sites is 1. The molecule has 2 amide bonds. The number of rotatable bonds is 6. The number of halogens is 2. The number of imide groups is 1. The van der Waals surface area contributed by atoms with Crippen molar-refractivity contribution in [2.75, 3.05) is 45.2 Å². The van der Waals surface area contributed by atoms with E-state index in [2.05, 4.69) is 10.00 Å². The quantitative estimate of drug-likeness (QED) is 0.498. The van der Waals surface area contributed by atoms with Gasteiger partial charge in [0.15, 0.2) is 0 Å². The Bertz CT molecular complexity index is 1450. The first-order chi connectivity index (χ1) is 17.8. The van der Waals surface area contributed by atoms with Crippen LogP contribution in [0.15, 0.2) is 59.0 Å². The van der Waals surface area contributed by atoms with Crippen LogP contribution in [0.3, 0.4) is 0 Å². The zero-order chi connectivity index (χ0) is 26.3. The molecule has 0 atom stereocenters. The summed E-state index contributed by atoms with van der Waals surface area (Å²) in [5.41, 5.74) is 0.136. The number of anilines is 1. The lowest BCUT2D eigenvalue weighted by Gasteiger charge is -2.34. The van der Waals surface area contributed by atoms with E-state index >= 15 is 0 Å². The summed E-state index contributed by atoms with van der Waals surface area (Å²) >= 11 is 6.01. The van der Waals surface area contributed by atoms with Crippen molar-refractivity contribution < 1.29 is 18.7 Å². The molecule has 0 aliphatic carbocycles. The summed E-state index contributed by atoms with van der Waals surface area (Å²) in [6.45, 7) is 2.23. The van der Waals surface area contributed by atoms with E-state index in [4.69, 9.17) is 16.3 Å². The van der Waals surface area contributed by atoms with Crippen LogP contribution in [0.5, 0.6) is 0 Å². The number of piperazine rings is 1. The Kier molecular flexibility index (Phi) is 6.72. The minimum Gasteiger partial charge on any atom is -0.378 e. The standard InChI is InChI=1S/C26H25ClFN5O4/c1-30-11-13-31(14-12-30)23-22(24(34)32(26(23)36)20-6-4-3-5-18(20)28)21-19(15-37-2)29-33(25(21)35)17-9-7-16(27)8-10-17/h3-10,29H,11-15H2,1-2H3. The van der Waals surface area contributed by atoms with Crippen LogP contribution < -0.4 is 10.5 Å². The van der Waals surface area contributed by atoms with Gasteiger partial charge in [0.2, 0.25) is 0 Å². The number of carbonyl (C=O) groups is 2. The van der Waals surface area contributed by atoms with Crippen molar-refractivity contribution in [1.82, 2.24) is 19.6 Å². The molecule has 3 heterocycles. The van der Waals surface area contributed by atoms with E-state index in [-0.39, 0.29) is 29.1 Å². The Hall–Kier alpha value is -3.73. The van der Waals surface area contributed by atoms with E-state index in [0.717, 1.165) is 4.90 Å². The largest absolute Gasteiger partial charge is 0.378 e. The number of benzene rings is 2. The molecule has 0 bridgehead atoms. The summed E-state index contributed by atoms with van der Waals surface area (Å²) in [5.74, 6) is -2.15. The lowest BCUT2D eigenvalue weighted by Crippen LogP contribution is -2.46. The zero-order valence-electron chi connectivity index (χ0n) is 20.3. The van der Waals surface area contributed by atoms with Crippen LogP contribution in [0, 0.1) is 5.82 Å². The molecule has 1 aromatic heterocycles. The number of nitrogens with zero attached hydrogens (tertiary/aromatic N) is 4. The molecule has 1 fully saturated rings. The van der Waals surface area contributed by atoms with Crippen LogP contribution in [0.25, 0.3) is 11.3 Å². The Morgan fingerprint density at radius 3 is 2.30 bits per heavy atom. The number of carbonyl (C=O) groups excluding carboxylic acids is 2. The number of hydrogen-bond acceptors (Lipinski definition) is 6. The molecule has 0 spiro atoms. The van der Waals surface area contributed by atoms with Gasteiger partial charge < -0.3 is 14.5 Å². The van der Waals surface area contributed by atoms with Crippen LogP contribution >= 0.6 is 11.6 Å². The highest BCUT2D eigenvalue weighted by Crippen LogP contribution is 2.36. The Morgan fingerprint density at radius 1 is 0.973 bits per heavy atom. The molecule has 0 radical (unpaired) electrons. The van der Waals surface area contributed by atoms with Gasteiger partial charge in [-0.3, -0.25) is 19.5 Å². The van der Waals surface area contributed by atoms with Crippen molar-refractivity contribution in [3.63, 3.8) is 0 Å². The average Bonchev–Trinajstić information content (AvgIpc) is 3.33. The van der Waals surface area contributed by atoms with Gasteiger partial charge in [0.25, 0.3) is 17.4 Å². The Labute approximate surface area is 217 Å². The fraction of sp³-hybridized carbons (Fsp3) is 0.269. The van der Waals surface area contributed by atoms with Gasteiger partial charge in [-0.1, -0.05) is 23.7 Å². The number of aromatic nitrogens is 2. The SMILES string of the molecule is COCc1[nH]n(-c2ccc(Cl)cc2)c(=O)c1C1=C(N2CCN(C)CC2)C(=O)N(c2ccccc2F)C1=O. The maximum absolute atomic E-state index is 14.8. The van der Waals surface area contributed by atoms with E-state index in [9.17, 15) is 18.8 Å². The number of aromatic amines is 1. The highest BCUT2D eigenvalue weighted by molar-refractivity contribution is 6.45. The van der Waals surface area contributed by atoms with Gasteiger partial charge in [-0.25, -0.2) is 14.0 Å². The van der Waals surface area contributed by atoms with Gasteiger partial charge in [0.1, 0.15) is 11.5 Å². The lowest BCUT2D eigenvalue weighted by molar-refractivity contribution is -0.120. The second kappa shape index (κ2) is 9.97. The minimum atomic E-state index is -0.763. The molecule has 2 aliphatic heterocycles. The number of hydrogen-bond donors (Lipinski definition) is 1. The third-order valence-corrected chi connectivity index (χ3v) is 6.81. The molecular formula is C26H25ClFN5O4. The maximum atomic E-state index is 14.8. The summed E-state index contributed by atoms with van der Waals surface area (Å²) in [6.07, 6.45) is 0. The summed E-state index contributed by atoms with van der Waals surface area (Å²) in [4.78, 5) is 46.2. The normalized spacial score (nSPS) is 16.9. The number of methoxy groups -OCH3 is 1. The fourth-order valence-electron chi connectivity index (χ4n) is 4.68. The molecule has 9 nitrogen and oxygen atoms in total. The van der Waals surface area contributed by atoms with Crippen LogP contribution in [0.4, 0.5) is 10.1 Å². The predicted molar refractivity (Wildman–Crippen MR) is 137 cm³/mol. The summed E-state index contributed by atoms with van der Waals surface area (Å²) in [6, 6.07) is 12.2. The fourth-order valence-corrected chi connectivity index (χ4v) is 4.81. The first kappa shape index (κ1) is 24.9. The van der Waals surface area contributed by atoms with E-state index in [0.29, 0.717) is 42.6 Å². The first-order valence-electron chi connectivity index (χ1n) is 11.7. The van der Waals surface area contributed by atoms with Gasteiger partial charge in [-0.05, 0) is 43.4 Å². The molecule has 1 saturated heterocycles. The summed E-state index contributed by atoms with van der Waals surface area (Å²) < 4.78 is 21.4. The minimum absolute atomic E-state index is 0.0166. The van der Waals surface area contributed by atoms with Gasteiger partial charge in [-0.15, -0.1) is 0 Å². The number of H-pyrrole nitrogens is 1. The number of nitrogens with one attached hydrogen (secondary N) is 1. The van der Waals surface area contributed by atoms with Crippen LogP contribution in [-0.4, -0.2) is 71.7 Å². The van der Waals surface area contributed by atoms with Crippen LogP contribution in [0.1, 0.15) is 11.3 Å². The van der Waals surface area contributed by atoms with Crippen molar-refractivity contribution in [3.8, 4) is 5.69 Å². The van der Waals surface area contributed by atoms with Gasteiger partial charge >= 0.3 is 0 Å². The van der Waals surface area contributed by atoms with E-state index in [1.807, 2.05) is 7.05 Å². The topological polar surface area (TPSA) is 90.9 Å². The smallest absolute Gasteiger partial charge is 0.282 e. The molecule has 2 aromatic carbocycles. The lowest BCUT2D eigenvalue weighted by atomic mass is 10.0. The highest BCUT2D eigenvalue weighted by atomic mass is 35.5. The average molecular weight is 526 g/mol. The summed E-state index contributed by atoms with van der Waals surface area (Å²) in [5, 5.41) is 3.51. The van der Waals surface area contributed by atoms with Crippen molar-refractivity contribution >= 4 is 34.7 Å². The predicted octanol–water partition coefficient (Wildman–Crippen LogP) is 2.64. The molecule has 11 heteroatoms. The Morgan fingerprint density at radius 2 is 1.65 bits per heavy atom. The number of amides is 2. The molecule has 192 valence electrons. The number of ether oxygens (including phenoxy) is 1. The van der Waals surface area contributed by atoms with Gasteiger partial charge in [0, 0.05) is 38.3 Å². The molecule has 1 N–H and O–H groups in total. The third-order valence-electron chi connectivity index (χ3n) is 6.56. The molecule has 0 unspecified atom stereocenters. The zero-order valence-corrected chi connectivity index (χ0v) is 21.1. The molecule has 5 rings (SSSR count). The highest BCUT2D eigenvalue weighted by Gasteiger charge is 2.46. The second-order valence-corrected chi connectivity index (χ2v) is 9.36. The van der Waals surface area contributed by atoms with Crippen molar-refractivity contribution in [1.29, 1.82) is 0 Å². The van der Waals surface area contributed by atoms with Gasteiger partial charge in [-0.2, -0.15) is 0 Å². The van der Waals surface area contributed by atoms with E-state index in [1.165, 1.54) is 30.0 Å². The van der Waals surface area contributed by atoms with Crippen LogP contribution in [-0.2, 0) is 20.9 Å². The Balaban J connectivity index is 1.72. The molecule has 37 heavy (non-hydrogen) atoms. The second-order valence-electron chi connectivity index (χ2n) is 8.93. The molecule has 0 saturated carbocycles. The molecular weight excluding hydrogens is 501 g/mol. The van der Waals surface area contributed by atoms with Crippen LogP contribution in [0.2, 0.25) is 5.02 Å². The molecule has 3 aromatic rings.